The zero-order chi connectivity index (χ0) is 20.5. The van der Waals surface area contributed by atoms with Gasteiger partial charge in [-0.25, -0.2) is 4.98 Å². The second kappa shape index (κ2) is 11.2. The van der Waals surface area contributed by atoms with E-state index in [1.165, 1.54) is 23.4 Å². The van der Waals surface area contributed by atoms with Crippen LogP contribution in [-0.4, -0.2) is 56.2 Å². The van der Waals surface area contributed by atoms with Crippen LogP contribution in [0.5, 0.6) is 5.75 Å². The molecule has 2 heterocycles. The van der Waals surface area contributed by atoms with Crippen molar-refractivity contribution in [3.05, 3.63) is 45.9 Å². The Morgan fingerprint density at radius 3 is 2.62 bits per heavy atom. The van der Waals surface area contributed by atoms with Gasteiger partial charge >= 0.3 is 0 Å². The van der Waals surface area contributed by atoms with Crippen LogP contribution in [0.15, 0.2) is 34.6 Å². The summed E-state index contributed by atoms with van der Waals surface area (Å²) in [6.07, 6.45) is 4.60. The minimum absolute atomic E-state index is 0.334. The summed E-state index contributed by atoms with van der Waals surface area (Å²) in [5, 5.41) is 10.3. The summed E-state index contributed by atoms with van der Waals surface area (Å²) in [4.78, 5) is 11.5. The fourth-order valence-electron chi connectivity index (χ4n) is 3.71. The maximum Gasteiger partial charge on any atom is 0.191 e. The van der Waals surface area contributed by atoms with Gasteiger partial charge in [-0.05, 0) is 57.0 Å². The number of rotatable bonds is 9. The predicted octanol–water partition coefficient (Wildman–Crippen LogP) is 3.39. The van der Waals surface area contributed by atoms with Crippen LogP contribution in [0.4, 0.5) is 0 Å². The molecule has 29 heavy (non-hydrogen) atoms. The summed E-state index contributed by atoms with van der Waals surface area (Å²) in [5.74, 6) is 1.76. The Kier molecular flexibility index (Phi) is 8.31. The predicted molar refractivity (Wildman–Crippen MR) is 121 cm³/mol. The molecule has 0 amide bonds. The third kappa shape index (κ3) is 6.44. The van der Waals surface area contributed by atoms with Gasteiger partial charge in [0, 0.05) is 37.6 Å². The van der Waals surface area contributed by atoms with Crippen molar-refractivity contribution in [3.63, 3.8) is 0 Å². The van der Waals surface area contributed by atoms with Gasteiger partial charge in [0.05, 0.1) is 18.2 Å². The molecule has 1 aliphatic heterocycles. The number of nitrogens with one attached hydrogen (secondary N) is 2. The van der Waals surface area contributed by atoms with E-state index in [0.29, 0.717) is 6.04 Å². The smallest absolute Gasteiger partial charge is 0.191 e. The van der Waals surface area contributed by atoms with Crippen molar-refractivity contribution in [1.82, 2.24) is 20.5 Å². The van der Waals surface area contributed by atoms with Gasteiger partial charge in [0.25, 0.3) is 0 Å². The highest BCUT2D eigenvalue weighted by Crippen LogP contribution is 2.26. The van der Waals surface area contributed by atoms with Gasteiger partial charge < -0.3 is 15.4 Å². The van der Waals surface area contributed by atoms with Crippen LogP contribution >= 0.6 is 11.3 Å². The first kappa shape index (κ1) is 21.6. The van der Waals surface area contributed by atoms with Crippen molar-refractivity contribution in [2.24, 2.45) is 4.99 Å². The van der Waals surface area contributed by atoms with Crippen LogP contribution in [0.2, 0.25) is 0 Å². The number of likely N-dealkylation sites (tertiary alicyclic amines) is 1. The lowest BCUT2D eigenvalue weighted by atomic mass is 10.1. The average Bonchev–Trinajstić information content (AvgIpc) is 3.42. The summed E-state index contributed by atoms with van der Waals surface area (Å²) >= 11 is 1.74. The fourth-order valence-corrected chi connectivity index (χ4v) is 4.53. The molecule has 1 aromatic carbocycles. The highest BCUT2D eigenvalue weighted by Gasteiger charge is 2.23. The van der Waals surface area contributed by atoms with E-state index >= 15 is 0 Å². The molecule has 7 heteroatoms. The van der Waals surface area contributed by atoms with Crippen molar-refractivity contribution < 1.29 is 4.74 Å². The van der Waals surface area contributed by atoms with E-state index in [1.54, 1.807) is 18.4 Å². The van der Waals surface area contributed by atoms with Crippen LogP contribution in [0.3, 0.4) is 0 Å². The second-order valence-corrected chi connectivity index (χ2v) is 8.34. The molecule has 1 unspecified atom stereocenters. The Balaban J connectivity index is 1.51. The number of nitrogens with zero attached hydrogens (tertiary/aromatic N) is 3. The highest BCUT2D eigenvalue weighted by atomic mass is 32.1. The van der Waals surface area contributed by atoms with Crippen molar-refractivity contribution in [3.8, 4) is 5.75 Å². The molecule has 1 fully saturated rings. The fraction of sp³-hybridized carbons (Fsp3) is 0.545. The first-order chi connectivity index (χ1) is 14.2. The van der Waals surface area contributed by atoms with Gasteiger partial charge in [-0.2, -0.15) is 0 Å². The lowest BCUT2D eigenvalue weighted by Crippen LogP contribution is -2.43. The summed E-state index contributed by atoms with van der Waals surface area (Å²) in [6, 6.07) is 8.78. The molecule has 2 N–H and O–H groups in total. The second-order valence-electron chi connectivity index (χ2n) is 7.40. The number of aryl methyl sites for hydroxylation is 2. The largest absolute Gasteiger partial charge is 0.497 e. The summed E-state index contributed by atoms with van der Waals surface area (Å²) in [7, 11) is 3.54. The molecule has 3 rings (SSSR count). The molecule has 2 aromatic rings. The lowest BCUT2D eigenvalue weighted by molar-refractivity contribution is 0.245. The topological polar surface area (TPSA) is 61.8 Å². The van der Waals surface area contributed by atoms with Crippen molar-refractivity contribution in [1.29, 1.82) is 0 Å². The summed E-state index contributed by atoms with van der Waals surface area (Å²) < 4.78 is 5.32. The quantitative estimate of drug-likeness (QED) is 0.373. The van der Waals surface area contributed by atoms with E-state index in [1.807, 2.05) is 26.1 Å². The van der Waals surface area contributed by atoms with Gasteiger partial charge in [0.1, 0.15) is 5.75 Å². The molecule has 0 saturated carbocycles. The third-order valence-electron chi connectivity index (χ3n) is 5.29. The number of aromatic nitrogens is 1. The first-order valence-corrected chi connectivity index (χ1v) is 11.3. The molecule has 0 aliphatic carbocycles. The van der Waals surface area contributed by atoms with E-state index in [9.17, 15) is 0 Å². The minimum atomic E-state index is 0.334. The van der Waals surface area contributed by atoms with Crippen molar-refractivity contribution in [2.75, 3.05) is 40.3 Å². The Bertz CT molecular complexity index is 768. The molecular formula is C22H33N5OS. The Labute approximate surface area is 178 Å². The van der Waals surface area contributed by atoms with Crippen LogP contribution < -0.4 is 15.4 Å². The van der Waals surface area contributed by atoms with Gasteiger partial charge in [0.2, 0.25) is 0 Å². The van der Waals surface area contributed by atoms with Gasteiger partial charge in [-0.1, -0.05) is 12.1 Å². The molecule has 0 radical (unpaired) electrons. The number of aliphatic imine (C=N–C) groups is 1. The number of guanidine groups is 1. The van der Waals surface area contributed by atoms with E-state index in [2.05, 4.69) is 43.0 Å². The molecule has 158 valence electrons. The number of hydrogen-bond donors (Lipinski definition) is 2. The van der Waals surface area contributed by atoms with Gasteiger partial charge in [-0.3, -0.25) is 9.89 Å². The maximum atomic E-state index is 5.32. The minimum Gasteiger partial charge on any atom is -0.497 e. The molecular weight excluding hydrogens is 382 g/mol. The van der Waals surface area contributed by atoms with E-state index in [4.69, 9.17) is 4.74 Å². The molecule has 1 saturated heterocycles. The standard InChI is InChI=1S/C22H33N5OS/c1-17-16-29-21(26-17)7-6-12-24-22(23-2)25-15-20(27-13-4-5-14-27)18-8-10-19(28-3)11-9-18/h8-11,16,20H,4-7,12-15H2,1-3H3,(H2,23,24,25). The first-order valence-electron chi connectivity index (χ1n) is 10.4. The van der Waals surface area contributed by atoms with E-state index in [-0.39, 0.29) is 0 Å². The van der Waals surface area contributed by atoms with E-state index < -0.39 is 0 Å². The Morgan fingerprint density at radius 2 is 2.00 bits per heavy atom. The number of thiazole rings is 1. The summed E-state index contributed by atoms with van der Waals surface area (Å²) in [6.45, 7) is 6.06. The average molecular weight is 416 g/mol. The molecule has 1 aromatic heterocycles. The lowest BCUT2D eigenvalue weighted by Gasteiger charge is -2.29. The monoisotopic (exact) mass is 415 g/mol. The SMILES string of the molecule is CN=C(NCCCc1nc(C)cs1)NCC(c1ccc(OC)cc1)N1CCCC1. The molecule has 6 nitrogen and oxygen atoms in total. The Hall–Kier alpha value is -2.12. The molecule has 1 aliphatic rings. The number of ether oxygens (including phenoxy) is 1. The highest BCUT2D eigenvalue weighted by molar-refractivity contribution is 7.09. The third-order valence-corrected chi connectivity index (χ3v) is 6.32. The molecule has 0 spiro atoms. The number of methoxy groups -OCH3 is 1. The van der Waals surface area contributed by atoms with Gasteiger partial charge in [0.15, 0.2) is 5.96 Å². The molecule has 0 bridgehead atoms. The van der Waals surface area contributed by atoms with Crippen LogP contribution in [0.1, 0.15) is 41.6 Å². The van der Waals surface area contributed by atoms with Crippen LogP contribution in [0, 0.1) is 6.92 Å². The maximum absolute atomic E-state index is 5.32. The summed E-state index contributed by atoms with van der Waals surface area (Å²) in [5.41, 5.74) is 2.43. The normalized spacial score (nSPS) is 16.0. The van der Waals surface area contributed by atoms with Crippen LogP contribution in [0.25, 0.3) is 0 Å². The number of benzene rings is 1. The van der Waals surface area contributed by atoms with Gasteiger partial charge in [-0.15, -0.1) is 11.3 Å². The zero-order valence-electron chi connectivity index (χ0n) is 17.8. The number of hydrogen-bond acceptors (Lipinski definition) is 5. The zero-order valence-corrected chi connectivity index (χ0v) is 18.6. The van der Waals surface area contributed by atoms with Crippen LogP contribution in [-0.2, 0) is 6.42 Å². The molecule has 1 atom stereocenters. The van der Waals surface area contributed by atoms with Crippen molar-refractivity contribution >= 4 is 17.3 Å². The Morgan fingerprint density at radius 1 is 1.24 bits per heavy atom. The van der Waals surface area contributed by atoms with E-state index in [0.717, 1.165) is 56.4 Å². The van der Waals surface area contributed by atoms with Crippen molar-refractivity contribution in [2.45, 2.75) is 38.6 Å².